The summed E-state index contributed by atoms with van der Waals surface area (Å²) in [4.78, 5) is 16.9. The summed E-state index contributed by atoms with van der Waals surface area (Å²) < 4.78 is 5.73. The maximum Gasteiger partial charge on any atom is 0.259 e. The van der Waals surface area contributed by atoms with Crippen LogP contribution in [0.2, 0.25) is 5.02 Å². The van der Waals surface area contributed by atoms with Crippen molar-refractivity contribution in [3.05, 3.63) is 69.8 Å². The fourth-order valence-electron chi connectivity index (χ4n) is 2.76. The maximum absolute atomic E-state index is 11.8. The number of thiazole rings is 1. The van der Waals surface area contributed by atoms with Crippen LogP contribution in [0.5, 0.6) is 5.75 Å². The Kier molecular flexibility index (Phi) is 4.36. The highest BCUT2D eigenvalue weighted by atomic mass is 35.5. The number of ether oxygens (including phenoxy) is 1. The summed E-state index contributed by atoms with van der Waals surface area (Å²) in [6.07, 6.45) is 2.60. The fraction of sp³-hybridized carbons (Fsp3) is 0.0526. The van der Waals surface area contributed by atoms with E-state index in [1.165, 1.54) is 0 Å². The summed E-state index contributed by atoms with van der Waals surface area (Å²) in [6, 6.07) is 11.0. The van der Waals surface area contributed by atoms with E-state index >= 15 is 0 Å². The van der Waals surface area contributed by atoms with E-state index in [0.29, 0.717) is 22.9 Å². The first kappa shape index (κ1) is 16.6. The quantitative estimate of drug-likeness (QED) is 0.496. The van der Waals surface area contributed by atoms with E-state index in [-0.39, 0.29) is 11.5 Å². The van der Waals surface area contributed by atoms with Gasteiger partial charge in [0, 0.05) is 17.3 Å². The normalized spacial score (nSPS) is 14.3. The monoisotopic (exact) mass is 384 g/mol. The van der Waals surface area contributed by atoms with Gasteiger partial charge >= 0.3 is 0 Å². The number of fused-ring (bicyclic) bond motifs is 1. The molecule has 7 heteroatoms. The van der Waals surface area contributed by atoms with Gasteiger partial charge in [-0.15, -0.1) is 11.3 Å². The molecule has 26 heavy (non-hydrogen) atoms. The SMILES string of the molecule is O=C1Nc2cc(Cl)c(-c3ccc(OCc4cncs4)cc3)cc2C1=CO. The second-order valence-corrected chi connectivity index (χ2v) is 7.03. The number of aliphatic hydroxyl groups is 1. The van der Waals surface area contributed by atoms with Gasteiger partial charge in [-0.3, -0.25) is 9.78 Å². The van der Waals surface area contributed by atoms with Crippen molar-refractivity contribution in [1.29, 1.82) is 0 Å². The zero-order valence-electron chi connectivity index (χ0n) is 13.4. The topological polar surface area (TPSA) is 71.5 Å². The minimum Gasteiger partial charge on any atom is -0.515 e. The van der Waals surface area contributed by atoms with Crippen LogP contribution in [0.25, 0.3) is 16.7 Å². The largest absolute Gasteiger partial charge is 0.515 e. The number of aromatic nitrogens is 1. The highest BCUT2D eigenvalue weighted by molar-refractivity contribution is 7.09. The lowest BCUT2D eigenvalue weighted by Gasteiger charge is -2.09. The van der Waals surface area contributed by atoms with E-state index in [0.717, 1.165) is 28.0 Å². The average molecular weight is 385 g/mol. The molecule has 3 aromatic rings. The van der Waals surface area contributed by atoms with Gasteiger partial charge in [0.25, 0.3) is 5.91 Å². The molecule has 1 aromatic heterocycles. The van der Waals surface area contributed by atoms with Gasteiger partial charge in [0.05, 0.1) is 32.9 Å². The lowest BCUT2D eigenvalue weighted by atomic mass is 9.99. The number of carbonyl (C=O) groups excluding carboxylic acids is 1. The van der Waals surface area contributed by atoms with E-state index in [1.807, 2.05) is 24.3 Å². The fourth-order valence-corrected chi connectivity index (χ4v) is 3.54. The van der Waals surface area contributed by atoms with E-state index in [1.54, 1.807) is 35.2 Å². The van der Waals surface area contributed by atoms with Crippen LogP contribution in [0.1, 0.15) is 10.4 Å². The highest BCUT2D eigenvalue weighted by Gasteiger charge is 2.26. The molecule has 0 fully saturated rings. The molecule has 1 amide bonds. The van der Waals surface area contributed by atoms with Gasteiger partial charge in [0.2, 0.25) is 0 Å². The van der Waals surface area contributed by atoms with Crippen molar-refractivity contribution in [1.82, 2.24) is 4.98 Å². The van der Waals surface area contributed by atoms with Crippen LogP contribution in [-0.4, -0.2) is 16.0 Å². The number of rotatable bonds is 4. The summed E-state index contributed by atoms with van der Waals surface area (Å²) in [5.41, 5.74) is 4.88. The average Bonchev–Trinajstić information content (AvgIpc) is 3.26. The maximum atomic E-state index is 11.8. The third kappa shape index (κ3) is 3.05. The van der Waals surface area contributed by atoms with Crippen molar-refractivity contribution < 1.29 is 14.6 Å². The van der Waals surface area contributed by atoms with Gasteiger partial charge < -0.3 is 15.2 Å². The summed E-state index contributed by atoms with van der Waals surface area (Å²) in [5.74, 6) is 0.398. The number of hydrogen-bond acceptors (Lipinski definition) is 5. The Morgan fingerprint density at radius 3 is 2.73 bits per heavy atom. The number of halogens is 1. The van der Waals surface area contributed by atoms with Gasteiger partial charge in [0.1, 0.15) is 12.4 Å². The lowest BCUT2D eigenvalue weighted by Crippen LogP contribution is -2.03. The summed E-state index contributed by atoms with van der Waals surface area (Å²) >= 11 is 7.92. The van der Waals surface area contributed by atoms with Crippen LogP contribution in [0.4, 0.5) is 5.69 Å². The number of benzene rings is 2. The van der Waals surface area contributed by atoms with Crippen LogP contribution in [0, 0.1) is 0 Å². The van der Waals surface area contributed by atoms with Gasteiger partial charge in [-0.25, -0.2) is 0 Å². The third-order valence-corrected chi connectivity index (χ3v) is 5.12. The number of anilines is 1. The third-order valence-electron chi connectivity index (χ3n) is 4.05. The number of nitrogens with zero attached hydrogens (tertiary/aromatic N) is 1. The van der Waals surface area contributed by atoms with E-state index in [4.69, 9.17) is 16.3 Å². The molecule has 2 N–H and O–H groups in total. The van der Waals surface area contributed by atoms with E-state index in [9.17, 15) is 9.90 Å². The number of nitrogens with one attached hydrogen (secondary N) is 1. The van der Waals surface area contributed by atoms with E-state index < -0.39 is 0 Å². The molecular formula is C19H13ClN2O3S. The van der Waals surface area contributed by atoms with Crippen molar-refractivity contribution in [3.8, 4) is 16.9 Å². The van der Waals surface area contributed by atoms with Crippen molar-refractivity contribution >= 4 is 40.1 Å². The molecule has 5 nitrogen and oxygen atoms in total. The molecule has 0 saturated carbocycles. The summed E-state index contributed by atoms with van der Waals surface area (Å²) in [7, 11) is 0. The molecular weight excluding hydrogens is 372 g/mol. The molecule has 1 aliphatic heterocycles. The van der Waals surface area contributed by atoms with Crippen LogP contribution < -0.4 is 10.1 Å². The van der Waals surface area contributed by atoms with Crippen molar-refractivity contribution in [2.45, 2.75) is 6.61 Å². The van der Waals surface area contributed by atoms with Gasteiger partial charge in [-0.05, 0) is 29.8 Å². The van der Waals surface area contributed by atoms with Crippen molar-refractivity contribution in [3.63, 3.8) is 0 Å². The molecule has 2 aromatic carbocycles. The minimum absolute atomic E-state index is 0.224. The summed E-state index contributed by atoms with van der Waals surface area (Å²) in [5, 5.41) is 12.5. The van der Waals surface area contributed by atoms with Crippen LogP contribution >= 0.6 is 22.9 Å². The van der Waals surface area contributed by atoms with Gasteiger partial charge in [0.15, 0.2) is 0 Å². The molecule has 2 heterocycles. The Hall–Kier alpha value is -2.83. The Morgan fingerprint density at radius 1 is 1.23 bits per heavy atom. The zero-order chi connectivity index (χ0) is 18.1. The molecule has 1 aliphatic rings. The van der Waals surface area contributed by atoms with Crippen LogP contribution in [0.15, 0.2) is 54.4 Å². The smallest absolute Gasteiger partial charge is 0.259 e. The number of hydrogen-bond donors (Lipinski definition) is 2. The van der Waals surface area contributed by atoms with Gasteiger partial charge in [-0.2, -0.15) is 0 Å². The Bertz CT molecular complexity index is 998. The van der Waals surface area contributed by atoms with Crippen LogP contribution in [0.3, 0.4) is 0 Å². The lowest BCUT2D eigenvalue weighted by molar-refractivity contribution is -0.110. The first-order valence-corrected chi connectivity index (χ1v) is 9.01. The highest BCUT2D eigenvalue weighted by Crippen LogP contribution is 2.39. The predicted octanol–water partition coefficient (Wildman–Crippen LogP) is 4.89. The molecule has 130 valence electrons. The Balaban J connectivity index is 1.60. The second kappa shape index (κ2) is 6.82. The molecule has 0 aliphatic carbocycles. The number of carbonyl (C=O) groups is 1. The van der Waals surface area contributed by atoms with Gasteiger partial charge in [-0.1, -0.05) is 23.7 Å². The number of amides is 1. The Morgan fingerprint density at radius 2 is 2.04 bits per heavy atom. The van der Waals surface area contributed by atoms with E-state index in [2.05, 4.69) is 10.3 Å². The predicted molar refractivity (Wildman–Crippen MR) is 103 cm³/mol. The van der Waals surface area contributed by atoms with Crippen molar-refractivity contribution in [2.75, 3.05) is 5.32 Å². The summed E-state index contributed by atoms with van der Waals surface area (Å²) in [6.45, 7) is 0.474. The minimum atomic E-state index is -0.345. The molecule has 0 spiro atoms. The Labute approximate surface area is 158 Å². The molecule has 0 atom stereocenters. The number of aliphatic hydroxyl groups excluding tert-OH is 1. The molecule has 0 radical (unpaired) electrons. The van der Waals surface area contributed by atoms with Crippen LogP contribution in [-0.2, 0) is 11.4 Å². The molecule has 0 unspecified atom stereocenters. The first-order chi connectivity index (χ1) is 12.7. The zero-order valence-corrected chi connectivity index (χ0v) is 15.0. The molecule has 4 rings (SSSR count). The standard InChI is InChI=1S/C19H13ClN2O3S/c20-17-6-18-15(16(8-23)19(24)22-18)5-14(17)11-1-3-12(4-2-11)25-9-13-7-21-10-26-13/h1-8,10,23H,9H2,(H,22,24). The second-order valence-electron chi connectivity index (χ2n) is 5.66. The molecule has 0 bridgehead atoms. The first-order valence-electron chi connectivity index (χ1n) is 7.76. The molecule has 0 saturated heterocycles. The van der Waals surface area contributed by atoms with Crippen molar-refractivity contribution in [2.24, 2.45) is 0 Å².